The molecule has 0 aliphatic carbocycles. The number of benzene rings is 2. The number of halogens is 1. The first-order valence-electron chi connectivity index (χ1n) is 9.35. The Labute approximate surface area is 179 Å². The van der Waals surface area contributed by atoms with Gasteiger partial charge in [0.25, 0.3) is 0 Å². The van der Waals surface area contributed by atoms with Gasteiger partial charge in [0.2, 0.25) is 5.91 Å². The molecule has 0 bridgehead atoms. The molecule has 4 nitrogen and oxygen atoms in total. The molecule has 0 saturated carbocycles. The van der Waals surface area contributed by atoms with Crippen LogP contribution in [0.4, 0.5) is 0 Å². The summed E-state index contributed by atoms with van der Waals surface area (Å²) < 4.78 is 6.39. The standard InChI is InChI=1S/C23H22ClNO3S/c24-22-12-11-21(29-22)20(26)10-13-23(27)25-14-18-8-4-5-9-19(18)16-28-15-17-6-2-1-3-7-17/h1-9,11-12H,10,13-16H2,(H,25,27). The highest BCUT2D eigenvalue weighted by Crippen LogP contribution is 2.22. The molecule has 0 atom stereocenters. The van der Waals surface area contributed by atoms with Crippen LogP contribution in [-0.4, -0.2) is 11.7 Å². The van der Waals surface area contributed by atoms with Crippen LogP contribution >= 0.6 is 22.9 Å². The Morgan fingerprint density at radius 1 is 0.862 bits per heavy atom. The summed E-state index contributed by atoms with van der Waals surface area (Å²) in [7, 11) is 0. The van der Waals surface area contributed by atoms with Gasteiger partial charge < -0.3 is 10.1 Å². The molecule has 29 heavy (non-hydrogen) atoms. The molecule has 1 amide bonds. The number of Topliss-reactive ketones (excluding diaryl/α,β-unsaturated/α-hetero) is 1. The Morgan fingerprint density at radius 2 is 1.59 bits per heavy atom. The Bertz CT molecular complexity index is 956. The highest BCUT2D eigenvalue weighted by molar-refractivity contribution is 7.18. The number of hydrogen-bond acceptors (Lipinski definition) is 4. The molecule has 1 heterocycles. The van der Waals surface area contributed by atoms with Crippen molar-refractivity contribution in [1.29, 1.82) is 0 Å². The average molecular weight is 428 g/mol. The maximum Gasteiger partial charge on any atom is 0.220 e. The molecule has 1 N–H and O–H groups in total. The molecule has 3 aromatic rings. The minimum atomic E-state index is -0.152. The maximum atomic E-state index is 12.2. The smallest absolute Gasteiger partial charge is 0.220 e. The Balaban J connectivity index is 1.45. The highest BCUT2D eigenvalue weighted by atomic mass is 35.5. The van der Waals surface area contributed by atoms with Gasteiger partial charge >= 0.3 is 0 Å². The fraction of sp³-hybridized carbons (Fsp3) is 0.217. The third-order valence-electron chi connectivity index (χ3n) is 4.39. The van der Waals surface area contributed by atoms with Crippen LogP contribution in [0.15, 0.2) is 66.7 Å². The lowest BCUT2D eigenvalue weighted by Crippen LogP contribution is -2.23. The zero-order valence-corrected chi connectivity index (χ0v) is 17.5. The van der Waals surface area contributed by atoms with Crippen molar-refractivity contribution in [3.05, 3.63) is 92.6 Å². The second kappa shape index (κ2) is 10.9. The largest absolute Gasteiger partial charge is 0.372 e. The summed E-state index contributed by atoms with van der Waals surface area (Å²) in [4.78, 5) is 24.8. The van der Waals surface area contributed by atoms with E-state index < -0.39 is 0 Å². The van der Waals surface area contributed by atoms with Crippen molar-refractivity contribution >= 4 is 34.6 Å². The number of amides is 1. The van der Waals surface area contributed by atoms with E-state index in [2.05, 4.69) is 5.32 Å². The predicted molar refractivity (Wildman–Crippen MR) is 116 cm³/mol. The quantitative estimate of drug-likeness (QED) is 0.441. The van der Waals surface area contributed by atoms with Crippen LogP contribution in [0.25, 0.3) is 0 Å². The predicted octanol–water partition coefficient (Wildman–Crippen LogP) is 5.40. The fourth-order valence-corrected chi connectivity index (χ4v) is 3.83. The van der Waals surface area contributed by atoms with Crippen LogP contribution in [-0.2, 0) is 29.3 Å². The van der Waals surface area contributed by atoms with Crippen LogP contribution in [0.2, 0.25) is 4.34 Å². The first kappa shape index (κ1) is 21.2. The van der Waals surface area contributed by atoms with Crippen LogP contribution in [0.3, 0.4) is 0 Å². The second-order valence-electron chi connectivity index (χ2n) is 6.55. The van der Waals surface area contributed by atoms with Gasteiger partial charge in [-0.2, -0.15) is 0 Å². The summed E-state index contributed by atoms with van der Waals surface area (Å²) in [6.07, 6.45) is 0.325. The van der Waals surface area contributed by atoms with Gasteiger partial charge in [-0.05, 0) is 28.8 Å². The van der Waals surface area contributed by atoms with E-state index in [1.54, 1.807) is 12.1 Å². The number of hydrogen-bond donors (Lipinski definition) is 1. The van der Waals surface area contributed by atoms with Gasteiger partial charge in [-0.25, -0.2) is 0 Å². The molecule has 0 radical (unpaired) electrons. The van der Waals surface area contributed by atoms with E-state index in [0.29, 0.717) is 29.0 Å². The molecule has 0 fully saturated rings. The van der Waals surface area contributed by atoms with Crippen LogP contribution in [0, 0.1) is 0 Å². The summed E-state index contributed by atoms with van der Waals surface area (Å²) >= 11 is 7.08. The van der Waals surface area contributed by atoms with E-state index in [9.17, 15) is 9.59 Å². The molecule has 6 heteroatoms. The lowest BCUT2D eigenvalue weighted by Gasteiger charge is -2.11. The lowest BCUT2D eigenvalue weighted by molar-refractivity contribution is -0.121. The molecule has 0 aliphatic heterocycles. The summed E-state index contributed by atoms with van der Waals surface area (Å²) in [5.74, 6) is -0.215. The van der Waals surface area contributed by atoms with Crippen LogP contribution < -0.4 is 5.32 Å². The van der Waals surface area contributed by atoms with E-state index >= 15 is 0 Å². The molecule has 0 aliphatic rings. The average Bonchev–Trinajstić information content (AvgIpc) is 3.18. The van der Waals surface area contributed by atoms with Crippen molar-refractivity contribution in [2.45, 2.75) is 32.6 Å². The van der Waals surface area contributed by atoms with Crippen LogP contribution in [0.5, 0.6) is 0 Å². The van der Waals surface area contributed by atoms with Gasteiger partial charge in [-0.3, -0.25) is 9.59 Å². The van der Waals surface area contributed by atoms with Crippen LogP contribution in [0.1, 0.15) is 39.2 Å². The number of carbonyl (C=O) groups excluding carboxylic acids is 2. The number of ketones is 1. The summed E-state index contributed by atoms with van der Waals surface area (Å²) in [5.41, 5.74) is 3.16. The second-order valence-corrected chi connectivity index (χ2v) is 8.27. The zero-order valence-electron chi connectivity index (χ0n) is 15.9. The highest BCUT2D eigenvalue weighted by Gasteiger charge is 2.12. The third-order valence-corrected chi connectivity index (χ3v) is 5.66. The zero-order chi connectivity index (χ0) is 20.5. The van der Waals surface area contributed by atoms with Crippen molar-refractivity contribution in [3.63, 3.8) is 0 Å². The third kappa shape index (κ3) is 6.82. The Kier molecular flexibility index (Phi) is 7.99. The van der Waals surface area contributed by atoms with Gasteiger partial charge in [0.15, 0.2) is 5.78 Å². The molecule has 0 spiro atoms. The number of rotatable bonds is 10. The lowest BCUT2D eigenvalue weighted by atomic mass is 10.1. The SMILES string of the molecule is O=C(CCC(=O)c1ccc(Cl)s1)NCc1ccccc1COCc1ccccc1. The Morgan fingerprint density at radius 3 is 2.31 bits per heavy atom. The van der Waals surface area contributed by atoms with E-state index in [-0.39, 0.29) is 24.5 Å². The van der Waals surface area contributed by atoms with Crippen molar-refractivity contribution in [2.24, 2.45) is 0 Å². The van der Waals surface area contributed by atoms with Crippen molar-refractivity contribution in [2.75, 3.05) is 0 Å². The normalized spacial score (nSPS) is 10.7. The number of carbonyl (C=O) groups is 2. The Hall–Kier alpha value is -2.47. The molecular weight excluding hydrogens is 406 g/mol. The van der Waals surface area contributed by atoms with Crippen molar-refractivity contribution < 1.29 is 14.3 Å². The molecule has 0 saturated heterocycles. The van der Waals surface area contributed by atoms with Crippen molar-refractivity contribution in [1.82, 2.24) is 5.32 Å². The minimum Gasteiger partial charge on any atom is -0.372 e. The van der Waals surface area contributed by atoms with Gasteiger partial charge in [0, 0.05) is 19.4 Å². The summed E-state index contributed by atoms with van der Waals surface area (Å²) in [6.45, 7) is 1.41. The molecule has 1 aromatic heterocycles. The van der Waals surface area contributed by atoms with Crippen molar-refractivity contribution in [3.8, 4) is 0 Å². The monoisotopic (exact) mass is 427 g/mol. The topological polar surface area (TPSA) is 55.4 Å². The van der Waals surface area contributed by atoms with Gasteiger partial charge in [0.1, 0.15) is 0 Å². The van der Waals surface area contributed by atoms with E-state index in [4.69, 9.17) is 16.3 Å². The molecule has 0 unspecified atom stereocenters. The molecule has 3 rings (SSSR count). The summed E-state index contributed by atoms with van der Waals surface area (Å²) in [5, 5.41) is 2.89. The van der Waals surface area contributed by atoms with E-state index in [1.807, 2.05) is 54.6 Å². The summed E-state index contributed by atoms with van der Waals surface area (Å²) in [6, 6.07) is 21.2. The van der Waals surface area contributed by atoms with E-state index in [1.165, 1.54) is 11.3 Å². The van der Waals surface area contributed by atoms with Gasteiger partial charge in [-0.15, -0.1) is 11.3 Å². The number of ether oxygens (including phenoxy) is 1. The number of thiophene rings is 1. The van der Waals surface area contributed by atoms with Gasteiger partial charge in [-0.1, -0.05) is 66.2 Å². The first-order valence-corrected chi connectivity index (χ1v) is 10.5. The van der Waals surface area contributed by atoms with E-state index in [0.717, 1.165) is 16.7 Å². The molecule has 2 aromatic carbocycles. The maximum absolute atomic E-state index is 12.2. The molecule has 150 valence electrons. The van der Waals surface area contributed by atoms with Gasteiger partial charge in [0.05, 0.1) is 22.4 Å². The minimum absolute atomic E-state index is 0.0632. The molecular formula is C23H22ClNO3S. The first-order chi connectivity index (χ1) is 14.1. The fourth-order valence-electron chi connectivity index (χ4n) is 2.82. The number of nitrogens with one attached hydrogen (secondary N) is 1.